The Morgan fingerprint density at radius 1 is 1.00 bits per heavy atom. The summed E-state index contributed by atoms with van der Waals surface area (Å²) >= 11 is 6.21. The summed E-state index contributed by atoms with van der Waals surface area (Å²) in [7, 11) is 0. The number of benzene rings is 3. The van der Waals surface area contributed by atoms with Gasteiger partial charge in [-0.15, -0.1) is 0 Å². The monoisotopic (exact) mass is 518 g/mol. The number of hydrogen-bond acceptors (Lipinski definition) is 5. The van der Waals surface area contributed by atoms with Crippen LogP contribution in [0.15, 0.2) is 77.3 Å². The van der Waals surface area contributed by atoms with Crippen molar-refractivity contribution in [3.63, 3.8) is 0 Å². The van der Waals surface area contributed by atoms with Crippen LogP contribution in [-0.2, 0) is 9.53 Å². The maximum absolute atomic E-state index is 12.6. The highest BCUT2D eigenvalue weighted by atomic mass is 35.5. The van der Waals surface area contributed by atoms with Crippen molar-refractivity contribution in [2.75, 3.05) is 5.32 Å². The van der Waals surface area contributed by atoms with Crippen LogP contribution in [0.5, 0.6) is 0 Å². The van der Waals surface area contributed by atoms with E-state index in [1.807, 2.05) is 67.6 Å². The molecule has 1 aromatic heterocycles. The lowest BCUT2D eigenvalue weighted by atomic mass is 9.94. The number of hydrogen-bond donors (Lipinski definition) is 2. The number of carboxylic acids is 1. The van der Waals surface area contributed by atoms with Gasteiger partial charge in [0.05, 0.1) is 5.92 Å². The van der Waals surface area contributed by atoms with Crippen LogP contribution < -0.4 is 5.32 Å². The van der Waals surface area contributed by atoms with Gasteiger partial charge >= 0.3 is 12.1 Å². The van der Waals surface area contributed by atoms with E-state index in [1.54, 1.807) is 26.0 Å². The van der Waals surface area contributed by atoms with Crippen LogP contribution in [0, 0.1) is 6.92 Å². The Balaban J connectivity index is 1.49. The van der Waals surface area contributed by atoms with Crippen molar-refractivity contribution in [1.82, 2.24) is 5.16 Å². The Hall–Kier alpha value is -4.10. The van der Waals surface area contributed by atoms with E-state index >= 15 is 0 Å². The van der Waals surface area contributed by atoms with E-state index in [9.17, 15) is 14.7 Å². The number of nitrogens with one attached hydrogen (secondary N) is 1. The third kappa shape index (κ3) is 5.84. The third-order valence-corrected chi connectivity index (χ3v) is 6.56. The second-order valence-electron chi connectivity index (χ2n) is 8.66. The number of halogens is 1. The first-order valence-electron chi connectivity index (χ1n) is 11.9. The molecular formula is C29H27ClN2O5. The molecular weight excluding hydrogens is 492 g/mol. The largest absolute Gasteiger partial charge is 0.481 e. The highest BCUT2D eigenvalue weighted by molar-refractivity contribution is 6.31. The average Bonchev–Trinajstić information content (AvgIpc) is 3.24. The van der Waals surface area contributed by atoms with Gasteiger partial charge in [0.25, 0.3) is 0 Å². The van der Waals surface area contributed by atoms with Gasteiger partial charge in [0.2, 0.25) is 0 Å². The van der Waals surface area contributed by atoms with Crippen molar-refractivity contribution < 1.29 is 24.0 Å². The van der Waals surface area contributed by atoms with Gasteiger partial charge < -0.3 is 14.4 Å². The van der Waals surface area contributed by atoms with Crippen molar-refractivity contribution in [2.45, 2.75) is 39.2 Å². The minimum Gasteiger partial charge on any atom is -0.481 e. The molecule has 0 radical (unpaired) electrons. The summed E-state index contributed by atoms with van der Waals surface area (Å²) in [4.78, 5) is 24.1. The third-order valence-electron chi connectivity index (χ3n) is 6.22. The summed E-state index contributed by atoms with van der Waals surface area (Å²) < 4.78 is 11.0. The fourth-order valence-corrected chi connectivity index (χ4v) is 4.44. The number of carbonyl (C=O) groups is 2. The summed E-state index contributed by atoms with van der Waals surface area (Å²) in [6.07, 6.45) is -0.669. The first-order valence-corrected chi connectivity index (χ1v) is 12.3. The summed E-state index contributed by atoms with van der Waals surface area (Å²) in [5.74, 6) is -0.932. The summed E-state index contributed by atoms with van der Waals surface area (Å²) in [6.45, 7) is 5.34. The molecule has 4 aromatic rings. The number of ether oxygens (including phenoxy) is 1. The molecule has 0 aliphatic heterocycles. The zero-order valence-electron chi connectivity index (χ0n) is 20.7. The van der Waals surface area contributed by atoms with Crippen LogP contribution in [0.3, 0.4) is 0 Å². The van der Waals surface area contributed by atoms with Crippen LogP contribution in [0.2, 0.25) is 5.02 Å². The Morgan fingerprint density at radius 3 is 2.19 bits per heavy atom. The summed E-state index contributed by atoms with van der Waals surface area (Å²) in [6, 6.07) is 22.3. The second-order valence-corrected chi connectivity index (χ2v) is 9.07. The molecule has 37 heavy (non-hydrogen) atoms. The standard InChI is InChI=1S/C29H27ClN2O5/c1-4-23(28(33)34)21-13-9-19(10-14-21)20-11-15-22(16-12-20)27-26(17(2)32-37-27)31-29(35)36-18(3)24-7-5-6-8-25(24)30/h5-16,18,23H,4H2,1-3H3,(H,31,35)(H,33,34). The number of amides is 1. The minimum absolute atomic E-state index is 0.411. The zero-order chi connectivity index (χ0) is 26.5. The fourth-order valence-electron chi connectivity index (χ4n) is 4.15. The normalized spacial score (nSPS) is 12.5. The van der Waals surface area contributed by atoms with E-state index in [1.165, 1.54) is 0 Å². The number of aromatic nitrogens is 1. The molecule has 0 fully saturated rings. The zero-order valence-corrected chi connectivity index (χ0v) is 21.5. The van der Waals surface area contributed by atoms with Crippen LogP contribution in [0.1, 0.15) is 49.1 Å². The van der Waals surface area contributed by atoms with Gasteiger partial charge in [-0.05, 0) is 43.0 Å². The molecule has 7 nitrogen and oxygen atoms in total. The number of rotatable bonds is 8. The van der Waals surface area contributed by atoms with Crippen molar-refractivity contribution in [1.29, 1.82) is 0 Å². The molecule has 8 heteroatoms. The quantitative estimate of drug-likeness (QED) is 0.246. The molecule has 2 unspecified atom stereocenters. The van der Waals surface area contributed by atoms with Gasteiger partial charge in [-0.3, -0.25) is 10.1 Å². The SMILES string of the molecule is CCC(C(=O)O)c1ccc(-c2ccc(-c3onc(C)c3NC(=O)OC(C)c3ccccc3Cl)cc2)cc1. The van der Waals surface area contributed by atoms with Crippen molar-refractivity contribution in [3.05, 3.63) is 94.6 Å². The van der Waals surface area contributed by atoms with Crippen molar-refractivity contribution in [2.24, 2.45) is 0 Å². The molecule has 2 atom stereocenters. The van der Waals surface area contributed by atoms with Gasteiger partial charge in [-0.25, -0.2) is 4.79 Å². The van der Waals surface area contributed by atoms with Crippen molar-refractivity contribution >= 4 is 29.4 Å². The predicted molar refractivity (Wildman–Crippen MR) is 143 cm³/mol. The topological polar surface area (TPSA) is 102 Å². The Labute approximate surface area is 220 Å². The van der Waals surface area contributed by atoms with E-state index < -0.39 is 24.1 Å². The maximum Gasteiger partial charge on any atom is 0.412 e. The number of anilines is 1. The van der Waals surface area contributed by atoms with Gasteiger partial charge in [0, 0.05) is 16.1 Å². The first-order chi connectivity index (χ1) is 17.8. The van der Waals surface area contributed by atoms with E-state index in [0.717, 1.165) is 22.3 Å². The molecule has 0 spiro atoms. The predicted octanol–water partition coefficient (Wildman–Crippen LogP) is 7.86. The van der Waals surface area contributed by atoms with E-state index in [0.29, 0.717) is 34.1 Å². The molecule has 4 rings (SSSR count). The molecule has 2 N–H and O–H groups in total. The summed E-state index contributed by atoms with van der Waals surface area (Å²) in [5, 5.41) is 16.7. The number of carboxylic acid groups (broad SMARTS) is 1. The Kier molecular flexibility index (Phi) is 7.94. The lowest BCUT2D eigenvalue weighted by molar-refractivity contribution is -0.138. The Morgan fingerprint density at radius 2 is 1.59 bits per heavy atom. The van der Waals surface area contributed by atoms with Crippen molar-refractivity contribution in [3.8, 4) is 22.5 Å². The highest BCUT2D eigenvalue weighted by Crippen LogP contribution is 2.34. The van der Waals surface area contributed by atoms with Crippen LogP contribution in [0.25, 0.3) is 22.5 Å². The molecule has 1 amide bonds. The molecule has 190 valence electrons. The molecule has 0 bridgehead atoms. The number of aliphatic carboxylic acids is 1. The van der Waals surface area contributed by atoms with Gasteiger partial charge in [0.15, 0.2) is 5.76 Å². The van der Waals surface area contributed by atoms with Gasteiger partial charge in [-0.1, -0.05) is 90.4 Å². The smallest absolute Gasteiger partial charge is 0.412 e. The fraction of sp³-hybridized carbons (Fsp3) is 0.207. The van der Waals surface area contributed by atoms with Gasteiger partial charge in [-0.2, -0.15) is 0 Å². The number of aryl methyl sites for hydroxylation is 1. The molecule has 0 aliphatic carbocycles. The lowest BCUT2D eigenvalue weighted by Crippen LogP contribution is -2.17. The first kappa shape index (κ1) is 26.0. The average molecular weight is 519 g/mol. The van der Waals surface area contributed by atoms with E-state index in [2.05, 4.69) is 10.5 Å². The Bertz CT molecular complexity index is 1400. The highest BCUT2D eigenvalue weighted by Gasteiger charge is 2.21. The van der Waals surface area contributed by atoms with E-state index in [-0.39, 0.29) is 0 Å². The lowest BCUT2D eigenvalue weighted by Gasteiger charge is -2.15. The molecule has 0 aliphatic rings. The number of carbonyl (C=O) groups excluding carboxylic acids is 1. The molecule has 0 saturated carbocycles. The molecule has 0 saturated heterocycles. The van der Waals surface area contributed by atoms with Crippen LogP contribution >= 0.6 is 11.6 Å². The summed E-state index contributed by atoms with van der Waals surface area (Å²) in [5.41, 5.74) is 5.07. The minimum atomic E-state index is -0.825. The maximum atomic E-state index is 12.6. The number of nitrogens with zero attached hydrogens (tertiary/aromatic N) is 1. The van der Waals surface area contributed by atoms with E-state index in [4.69, 9.17) is 20.9 Å². The molecule has 1 heterocycles. The van der Waals surface area contributed by atoms with Gasteiger partial charge in [0.1, 0.15) is 17.5 Å². The second kappa shape index (κ2) is 11.3. The van der Waals surface area contributed by atoms with Crippen LogP contribution in [0.4, 0.5) is 10.5 Å². The van der Waals surface area contributed by atoms with Crippen LogP contribution in [-0.4, -0.2) is 22.3 Å². The molecule has 3 aromatic carbocycles.